The Morgan fingerprint density at radius 1 is 1.62 bits per heavy atom. The molecule has 0 fully saturated rings. The summed E-state index contributed by atoms with van der Waals surface area (Å²) in [6, 6.07) is 0. The largest absolute Gasteiger partial charge is 0.466 e. The number of carbonyl (C=O) groups excluding carboxylic acids is 1. The Bertz CT molecular complexity index is 208. The summed E-state index contributed by atoms with van der Waals surface area (Å²) in [5.41, 5.74) is 0.0603. The van der Waals surface area contributed by atoms with Crippen LogP contribution in [0.25, 0.3) is 0 Å². The first-order valence-corrected chi connectivity index (χ1v) is 4.99. The van der Waals surface area contributed by atoms with Gasteiger partial charge >= 0.3 is 5.97 Å². The van der Waals surface area contributed by atoms with Crippen molar-refractivity contribution >= 4 is 5.97 Å². The summed E-state index contributed by atoms with van der Waals surface area (Å²) in [5.74, 6) is -0.0594. The van der Waals surface area contributed by atoms with Gasteiger partial charge in [-0.2, -0.15) is 0 Å². The Balaban J connectivity index is 2.30. The van der Waals surface area contributed by atoms with E-state index in [1.54, 1.807) is 0 Å². The summed E-state index contributed by atoms with van der Waals surface area (Å²) in [5, 5.41) is 0. The Hall–Kier alpha value is -0.790. The molecule has 1 unspecified atom stereocenters. The van der Waals surface area contributed by atoms with Crippen LogP contribution in [0.5, 0.6) is 0 Å². The van der Waals surface area contributed by atoms with E-state index in [4.69, 9.17) is 4.74 Å². The molecular weight excluding hydrogens is 164 g/mol. The second kappa shape index (κ2) is 4.45. The molecule has 2 heteroatoms. The van der Waals surface area contributed by atoms with Crippen LogP contribution < -0.4 is 0 Å². The maximum atomic E-state index is 11.3. The van der Waals surface area contributed by atoms with Gasteiger partial charge in [-0.1, -0.05) is 26.0 Å². The minimum absolute atomic E-state index is 0.0594. The van der Waals surface area contributed by atoms with E-state index in [0.717, 1.165) is 19.3 Å². The van der Waals surface area contributed by atoms with Gasteiger partial charge in [-0.3, -0.25) is 4.79 Å². The van der Waals surface area contributed by atoms with Crippen LogP contribution in [0.2, 0.25) is 0 Å². The van der Waals surface area contributed by atoms with Gasteiger partial charge in [0.15, 0.2) is 0 Å². The first kappa shape index (κ1) is 10.3. The summed E-state index contributed by atoms with van der Waals surface area (Å²) in [6.07, 6.45) is 7.89. The van der Waals surface area contributed by atoms with Crippen LogP contribution in [0.4, 0.5) is 0 Å². The van der Waals surface area contributed by atoms with E-state index in [1.165, 1.54) is 0 Å². The smallest absolute Gasteiger partial charge is 0.306 e. The van der Waals surface area contributed by atoms with Crippen molar-refractivity contribution in [2.75, 3.05) is 6.61 Å². The van der Waals surface area contributed by atoms with Gasteiger partial charge in [-0.15, -0.1) is 0 Å². The first-order valence-electron chi connectivity index (χ1n) is 4.99. The third kappa shape index (κ3) is 3.21. The highest BCUT2D eigenvalue weighted by Crippen LogP contribution is 2.34. The molecule has 0 aromatic heterocycles. The van der Waals surface area contributed by atoms with Gasteiger partial charge in [-0.25, -0.2) is 0 Å². The van der Waals surface area contributed by atoms with Crippen molar-refractivity contribution in [3.63, 3.8) is 0 Å². The molecule has 1 atom stereocenters. The normalized spacial score (nSPS) is 26.3. The van der Waals surface area contributed by atoms with Gasteiger partial charge in [0.25, 0.3) is 0 Å². The average molecular weight is 182 g/mol. The average Bonchev–Trinajstić information content (AvgIpc) is 2.48. The van der Waals surface area contributed by atoms with Crippen LogP contribution in [0.1, 0.15) is 39.5 Å². The zero-order valence-corrected chi connectivity index (χ0v) is 8.51. The molecular formula is C11H18O2. The Kier molecular flexibility index (Phi) is 3.52. The van der Waals surface area contributed by atoms with Gasteiger partial charge in [0.2, 0.25) is 0 Å². The van der Waals surface area contributed by atoms with Gasteiger partial charge in [0.1, 0.15) is 0 Å². The van der Waals surface area contributed by atoms with E-state index in [9.17, 15) is 4.79 Å². The molecule has 0 saturated heterocycles. The highest BCUT2D eigenvalue weighted by Gasteiger charge is 2.27. The van der Waals surface area contributed by atoms with E-state index < -0.39 is 0 Å². The topological polar surface area (TPSA) is 26.3 Å². The molecule has 1 aliphatic rings. The van der Waals surface area contributed by atoms with Crippen molar-refractivity contribution in [3.05, 3.63) is 12.2 Å². The summed E-state index contributed by atoms with van der Waals surface area (Å²) < 4.78 is 5.05. The zero-order valence-electron chi connectivity index (χ0n) is 8.51. The van der Waals surface area contributed by atoms with Gasteiger partial charge < -0.3 is 4.74 Å². The highest BCUT2D eigenvalue weighted by molar-refractivity contribution is 5.70. The molecule has 0 heterocycles. The second-order valence-corrected chi connectivity index (χ2v) is 3.99. The third-order valence-electron chi connectivity index (χ3n) is 2.42. The molecule has 0 amide bonds. The number of hydrogen-bond acceptors (Lipinski definition) is 2. The molecule has 13 heavy (non-hydrogen) atoms. The lowest BCUT2D eigenvalue weighted by molar-refractivity contribution is -0.145. The predicted octanol–water partition coefficient (Wildman–Crippen LogP) is 2.69. The number of carbonyl (C=O) groups is 1. The van der Waals surface area contributed by atoms with Crippen LogP contribution in [0.15, 0.2) is 12.2 Å². The van der Waals surface area contributed by atoms with E-state index in [1.807, 2.05) is 6.92 Å². The lowest BCUT2D eigenvalue weighted by atomic mass is 9.87. The SMILES string of the molecule is CCCOC(=O)CC1(C)C=CCC1. The number of rotatable bonds is 4. The summed E-state index contributed by atoms with van der Waals surface area (Å²) in [6.45, 7) is 4.67. The van der Waals surface area contributed by atoms with Crippen molar-refractivity contribution in [2.24, 2.45) is 5.41 Å². The number of allylic oxidation sites excluding steroid dienone is 2. The zero-order chi connectivity index (χ0) is 9.73. The molecule has 0 aromatic rings. The van der Waals surface area contributed by atoms with Crippen LogP contribution >= 0.6 is 0 Å². The molecule has 0 radical (unpaired) electrons. The second-order valence-electron chi connectivity index (χ2n) is 3.99. The van der Waals surface area contributed by atoms with Gasteiger partial charge in [-0.05, 0) is 24.7 Å². The first-order chi connectivity index (χ1) is 6.16. The van der Waals surface area contributed by atoms with E-state index >= 15 is 0 Å². The Morgan fingerprint density at radius 2 is 2.38 bits per heavy atom. The maximum absolute atomic E-state index is 11.3. The Morgan fingerprint density at radius 3 is 2.92 bits per heavy atom. The van der Waals surface area contributed by atoms with Crippen molar-refractivity contribution < 1.29 is 9.53 Å². The lowest BCUT2D eigenvalue weighted by Crippen LogP contribution is -2.18. The molecule has 0 bridgehead atoms. The molecule has 1 rings (SSSR count). The summed E-state index contributed by atoms with van der Waals surface area (Å²) in [7, 11) is 0. The van der Waals surface area contributed by atoms with Crippen LogP contribution in [0.3, 0.4) is 0 Å². The fourth-order valence-electron chi connectivity index (χ4n) is 1.61. The summed E-state index contributed by atoms with van der Waals surface area (Å²) in [4.78, 5) is 11.3. The third-order valence-corrected chi connectivity index (χ3v) is 2.42. The van der Waals surface area contributed by atoms with Crippen LogP contribution in [-0.2, 0) is 9.53 Å². The fourth-order valence-corrected chi connectivity index (χ4v) is 1.61. The number of ether oxygens (including phenoxy) is 1. The number of esters is 1. The minimum atomic E-state index is -0.0594. The Labute approximate surface area is 80.0 Å². The molecule has 2 nitrogen and oxygen atoms in total. The van der Waals surface area contributed by atoms with Crippen molar-refractivity contribution in [3.8, 4) is 0 Å². The standard InChI is InChI=1S/C11H18O2/c1-3-8-13-10(12)9-11(2)6-4-5-7-11/h4,6H,3,5,7-9H2,1-2H3. The van der Waals surface area contributed by atoms with Crippen molar-refractivity contribution in [1.82, 2.24) is 0 Å². The van der Waals surface area contributed by atoms with E-state index in [-0.39, 0.29) is 11.4 Å². The quantitative estimate of drug-likeness (QED) is 0.493. The maximum Gasteiger partial charge on any atom is 0.306 e. The molecule has 0 aromatic carbocycles. The van der Waals surface area contributed by atoms with Crippen molar-refractivity contribution in [1.29, 1.82) is 0 Å². The van der Waals surface area contributed by atoms with Gasteiger partial charge in [0, 0.05) is 0 Å². The monoisotopic (exact) mass is 182 g/mol. The molecule has 0 N–H and O–H groups in total. The van der Waals surface area contributed by atoms with E-state index in [2.05, 4.69) is 19.1 Å². The van der Waals surface area contributed by atoms with Crippen LogP contribution in [0, 0.1) is 5.41 Å². The summed E-state index contributed by atoms with van der Waals surface area (Å²) >= 11 is 0. The molecule has 0 aliphatic heterocycles. The van der Waals surface area contributed by atoms with E-state index in [0.29, 0.717) is 13.0 Å². The highest BCUT2D eigenvalue weighted by atomic mass is 16.5. The molecule has 0 spiro atoms. The molecule has 1 aliphatic carbocycles. The van der Waals surface area contributed by atoms with Crippen molar-refractivity contribution in [2.45, 2.75) is 39.5 Å². The fraction of sp³-hybridized carbons (Fsp3) is 0.727. The molecule has 0 saturated carbocycles. The minimum Gasteiger partial charge on any atom is -0.466 e. The lowest BCUT2D eigenvalue weighted by Gasteiger charge is -2.19. The van der Waals surface area contributed by atoms with Gasteiger partial charge in [0.05, 0.1) is 13.0 Å². The predicted molar refractivity (Wildman–Crippen MR) is 52.3 cm³/mol. The molecule has 74 valence electrons. The van der Waals surface area contributed by atoms with Crippen LogP contribution in [-0.4, -0.2) is 12.6 Å². The number of hydrogen-bond donors (Lipinski definition) is 0.